The molecule has 5 aromatic rings. The second kappa shape index (κ2) is 14.2. The van der Waals surface area contributed by atoms with Crippen LogP contribution in [0.5, 0.6) is 11.5 Å². The van der Waals surface area contributed by atoms with Gasteiger partial charge in [0.1, 0.15) is 22.2 Å². The molecule has 3 aromatic carbocycles. The number of aromatic amines is 1. The normalized spacial score (nSPS) is 12.0. The SMILES string of the molecule is COc1ccc(CN(CCc2c[nH]c3ccccc23)Cc2nc(C(=O)NC(C)CCc3ccccc3)cs2)c(OC)c1. The quantitative estimate of drug-likeness (QED) is 0.154. The van der Waals surface area contributed by atoms with Gasteiger partial charge in [0.25, 0.3) is 5.91 Å². The summed E-state index contributed by atoms with van der Waals surface area (Å²) in [6.07, 6.45) is 4.77. The third kappa shape index (κ3) is 7.57. The fraction of sp³-hybridized carbons (Fsp3) is 0.294. The second-order valence-corrected chi connectivity index (χ2v) is 11.5. The molecule has 0 aliphatic rings. The highest BCUT2D eigenvalue weighted by Crippen LogP contribution is 2.27. The molecule has 0 aliphatic carbocycles. The molecule has 1 amide bonds. The largest absolute Gasteiger partial charge is 0.497 e. The van der Waals surface area contributed by atoms with Crippen LogP contribution in [-0.4, -0.2) is 47.6 Å². The van der Waals surface area contributed by atoms with E-state index in [1.807, 2.05) is 54.8 Å². The van der Waals surface area contributed by atoms with Gasteiger partial charge in [0, 0.05) is 53.2 Å². The first-order valence-corrected chi connectivity index (χ1v) is 15.2. The van der Waals surface area contributed by atoms with E-state index in [9.17, 15) is 4.79 Å². The number of carbonyl (C=O) groups is 1. The summed E-state index contributed by atoms with van der Waals surface area (Å²) in [6.45, 7) is 4.16. The minimum atomic E-state index is -0.125. The number of ether oxygens (including phenoxy) is 2. The second-order valence-electron chi connectivity index (χ2n) is 10.5. The van der Waals surface area contributed by atoms with E-state index >= 15 is 0 Å². The van der Waals surface area contributed by atoms with Gasteiger partial charge >= 0.3 is 0 Å². The number of para-hydroxylation sites is 1. The van der Waals surface area contributed by atoms with Gasteiger partial charge in [0.15, 0.2) is 0 Å². The summed E-state index contributed by atoms with van der Waals surface area (Å²) in [5.74, 6) is 1.42. The lowest BCUT2D eigenvalue weighted by Gasteiger charge is -2.22. The number of H-pyrrole nitrogens is 1. The third-order valence-electron chi connectivity index (χ3n) is 7.49. The molecule has 0 saturated carbocycles. The first-order valence-electron chi connectivity index (χ1n) is 14.3. The molecule has 2 heterocycles. The summed E-state index contributed by atoms with van der Waals surface area (Å²) in [4.78, 5) is 23.5. The molecule has 1 unspecified atom stereocenters. The number of carbonyl (C=O) groups excluding carboxylic acids is 1. The molecule has 0 aliphatic heterocycles. The lowest BCUT2D eigenvalue weighted by Crippen LogP contribution is -2.33. The van der Waals surface area contributed by atoms with Crippen molar-refractivity contribution in [2.24, 2.45) is 0 Å². The molecule has 5 rings (SSSR count). The smallest absolute Gasteiger partial charge is 0.270 e. The average molecular weight is 583 g/mol. The number of aromatic nitrogens is 2. The number of nitrogens with zero attached hydrogens (tertiary/aromatic N) is 2. The van der Waals surface area contributed by atoms with Crippen LogP contribution in [0.1, 0.15) is 45.5 Å². The van der Waals surface area contributed by atoms with Gasteiger partial charge in [-0.25, -0.2) is 4.98 Å². The van der Waals surface area contributed by atoms with Crippen molar-refractivity contribution in [3.63, 3.8) is 0 Å². The first-order chi connectivity index (χ1) is 20.5. The number of aryl methyl sites for hydroxylation is 1. The Morgan fingerprint density at radius 3 is 2.60 bits per heavy atom. The zero-order chi connectivity index (χ0) is 29.3. The van der Waals surface area contributed by atoms with E-state index in [1.54, 1.807) is 14.2 Å². The van der Waals surface area contributed by atoms with E-state index in [1.165, 1.54) is 27.8 Å². The van der Waals surface area contributed by atoms with Crippen molar-refractivity contribution < 1.29 is 14.3 Å². The summed E-state index contributed by atoms with van der Waals surface area (Å²) in [5, 5.41) is 7.13. The topological polar surface area (TPSA) is 79.5 Å². The molecule has 42 heavy (non-hydrogen) atoms. The van der Waals surface area contributed by atoms with Crippen molar-refractivity contribution in [3.8, 4) is 11.5 Å². The molecule has 8 heteroatoms. The minimum Gasteiger partial charge on any atom is -0.497 e. The molecule has 0 bridgehead atoms. The zero-order valence-corrected chi connectivity index (χ0v) is 25.2. The summed E-state index contributed by atoms with van der Waals surface area (Å²) in [5.41, 5.74) is 5.24. The van der Waals surface area contributed by atoms with Crippen LogP contribution in [0.4, 0.5) is 0 Å². The number of benzene rings is 3. The highest BCUT2D eigenvalue weighted by Gasteiger charge is 2.18. The Morgan fingerprint density at radius 1 is 0.976 bits per heavy atom. The Hall–Kier alpha value is -4.14. The monoisotopic (exact) mass is 582 g/mol. The van der Waals surface area contributed by atoms with E-state index in [4.69, 9.17) is 14.5 Å². The van der Waals surface area contributed by atoms with E-state index < -0.39 is 0 Å². The van der Waals surface area contributed by atoms with Gasteiger partial charge in [-0.2, -0.15) is 0 Å². The lowest BCUT2D eigenvalue weighted by atomic mass is 10.1. The average Bonchev–Trinajstić information content (AvgIpc) is 3.67. The van der Waals surface area contributed by atoms with Crippen LogP contribution in [0.25, 0.3) is 10.9 Å². The maximum Gasteiger partial charge on any atom is 0.270 e. The van der Waals surface area contributed by atoms with Crippen LogP contribution < -0.4 is 14.8 Å². The van der Waals surface area contributed by atoms with E-state index in [2.05, 4.69) is 51.7 Å². The van der Waals surface area contributed by atoms with Crippen LogP contribution in [0.15, 0.2) is 84.4 Å². The van der Waals surface area contributed by atoms with Gasteiger partial charge in [-0.3, -0.25) is 9.69 Å². The Morgan fingerprint density at radius 2 is 1.79 bits per heavy atom. The van der Waals surface area contributed by atoms with E-state index in [-0.39, 0.29) is 11.9 Å². The molecule has 0 fully saturated rings. The number of fused-ring (bicyclic) bond motifs is 1. The standard InChI is InChI=1S/C34H38N4O3S/c1-24(13-14-25-9-5-4-6-10-25)36-34(39)31-23-42-33(37-31)22-38(21-27-15-16-28(40-2)19-32(27)41-3)18-17-26-20-35-30-12-8-7-11-29(26)30/h4-12,15-16,19-20,23-24,35H,13-14,17-18,21-22H2,1-3H3,(H,36,39). The molecule has 0 spiro atoms. The fourth-order valence-electron chi connectivity index (χ4n) is 5.13. The van der Waals surface area contributed by atoms with Crippen molar-refractivity contribution in [3.05, 3.63) is 112 Å². The van der Waals surface area contributed by atoms with Crippen LogP contribution >= 0.6 is 11.3 Å². The van der Waals surface area contributed by atoms with Gasteiger partial charge in [-0.15, -0.1) is 11.3 Å². The maximum absolute atomic E-state index is 13.0. The van der Waals surface area contributed by atoms with Crippen LogP contribution in [0, 0.1) is 0 Å². The maximum atomic E-state index is 13.0. The minimum absolute atomic E-state index is 0.0538. The predicted molar refractivity (Wildman–Crippen MR) is 169 cm³/mol. The lowest BCUT2D eigenvalue weighted by molar-refractivity contribution is 0.0933. The van der Waals surface area contributed by atoms with E-state index in [0.29, 0.717) is 18.8 Å². The van der Waals surface area contributed by atoms with Gasteiger partial charge in [0.2, 0.25) is 0 Å². The van der Waals surface area contributed by atoms with Crippen LogP contribution in [0.3, 0.4) is 0 Å². The Balaban J connectivity index is 1.26. The molecular formula is C34H38N4O3S. The predicted octanol–water partition coefficient (Wildman–Crippen LogP) is 6.64. The van der Waals surface area contributed by atoms with Gasteiger partial charge in [-0.1, -0.05) is 54.6 Å². The molecule has 1 atom stereocenters. The number of hydrogen-bond donors (Lipinski definition) is 2. The fourth-order valence-corrected chi connectivity index (χ4v) is 5.95. The molecule has 218 valence electrons. The number of methoxy groups -OCH3 is 2. The van der Waals surface area contributed by atoms with E-state index in [0.717, 1.165) is 53.4 Å². The Bertz CT molecular complexity index is 1600. The molecule has 2 N–H and O–H groups in total. The molecule has 7 nitrogen and oxygen atoms in total. The summed E-state index contributed by atoms with van der Waals surface area (Å²) in [6, 6.07) is 24.7. The van der Waals surface area contributed by atoms with Crippen molar-refractivity contribution in [2.45, 2.75) is 45.3 Å². The summed E-state index contributed by atoms with van der Waals surface area (Å²) in [7, 11) is 3.34. The number of hydrogen-bond acceptors (Lipinski definition) is 6. The molecular weight excluding hydrogens is 544 g/mol. The number of thiazole rings is 1. The highest BCUT2D eigenvalue weighted by atomic mass is 32.1. The van der Waals surface area contributed by atoms with Crippen molar-refractivity contribution >= 4 is 28.1 Å². The summed E-state index contributed by atoms with van der Waals surface area (Å²) < 4.78 is 11.1. The van der Waals surface area contributed by atoms with Crippen molar-refractivity contribution in [2.75, 3.05) is 20.8 Å². The van der Waals surface area contributed by atoms with Crippen molar-refractivity contribution in [1.82, 2.24) is 20.2 Å². The first kappa shape index (κ1) is 29.4. The Labute approximate surface area is 251 Å². The third-order valence-corrected chi connectivity index (χ3v) is 8.32. The summed E-state index contributed by atoms with van der Waals surface area (Å²) >= 11 is 1.52. The Kier molecular flexibility index (Phi) is 9.90. The number of amides is 1. The van der Waals surface area contributed by atoms with Gasteiger partial charge in [-0.05, 0) is 49.4 Å². The molecule has 0 radical (unpaired) electrons. The zero-order valence-electron chi connectivity index (χ0n) is 24.4. The number of nitrogens with one attached hydrogen (secondary N) is 2. The number of rotatable bonds is 14. The van der Waals surface area contributed by atoms with Gasteiger partial charge < -0.3 is 19.8 Å². The highest BCUT2D eigenvalue weighted by molar-refractivity contribution is 7.09. The molecule has 2 aromatic heterocycles. The van der Waals surface area contributed by atoms with Crippen LogP contribution in [-0.2, 0) is 25.9 Å². The van der Waals surface area contributed by atoms with Crippen molar-refractivity contribution in [1.29, 1.82) is 0 Å². The molecule has 0 saturated heterocycles. The van der Waals surface area contributed by atoms with Crippen LogP contribution in [0.2, 0.25) is 0 Å². The van der Waals surface area contributed by atoms with Gasteiger partial charge in [0.05, 0.1) is 20.8 Å².